The van der Waals surface area contributed by atoms with Crippen molar-refractivity contribution in [3.63, 3.8) is 0 Å². The van der Waals surface area contributed by atoms with E-state index in [0.717, 1.165) is 15.9 Å². The Hall–Kier alpha value is -2.69. The van der Waals surface area contributed by atoms with Gasteiger partial charge in [-0.2, -0.15) is 0 Å². The van der Waals surface area contributed by atoms with Gasteiger partial charge in [0.1, 0.15) is 0 Å². The highest BCUT2D eigenvalue weighted by Crippen LogP contribution is 2.33. The summed E-state index contributed by atoms with van der Waals surface area (Å²) in [6.07, 6.45) is 0. The summed E-state index contributed by atoms with van der Waals surface area (Å²) in [7, 11) is -1.92. The van der Waals surface area contributed by atoms with E-state index in [0.29, 0.717) is 0 Å². The zero-order chi connectivity index (χ0) is 19.3. The van der Waals surface area contributed by atoms with Crippen LogP contribution in [0.3, 0.4) is 0 Å². The van der Waals surface area contributed by atoms with Crippen molar-refractivity contribution in [3.05, 3.63) is 96.6 Å². The van der Waals surface area contributed by atoms with Crippen LogP contribution in [0.5, 0.6) is 0 Å². The molecule has 0 heterocycles. The van der Waals surface area contributed by atoms with Crippen LogP contribution in [0.15, 0.2) is 91.0 Å². The smallest absolute Gasteiger partial charge is 0.308 e. The van der Waals surface area contributed by atoms with Crippen LogP contribution in [0.1, 0.15) is 18.0 Å². The summed E-state index contributed by atoms with van der Waals surface area (Å²) < 4.78 is 5.05. The summed E-state index contributed by atoms with van der Waals surface area (Å²) >= 11 is 0. The topological polar surface area (TPSA) is 46.5 Å². The van der Waals surface area contributed by atoms with E-state index in [9.17, 15) is 9.59 Å². The first-order valence-corrected chi connectivity index (χ1v) is 11.1. The van der Waals surface area contributed by atoms with Gasteiger partial charge in [0.25, 0.3) is 8.32 Å². The fourth-order valence-corrected chi connectivity index (χ4v) is 7.77. The largest absolute Gasteiger partial charge is 0.469 e. The van der Waals surface area contributed by atoms with Gasteiger partial charge in [0.2, 0.25) is 0 Å². The highest BCUT2D eigenvalue weighted by Gasteiger charge is 2.49. The quantitative estimate of drug-likeness (QED) is 0.532. The average molecular weight is 377 g/mol. The van der Waals surface area contributed by atoms with E-state index in [1.54, 1.807) is 0 Å². The number of hydrogen-bond acceptors (Lipinski definition) is 3. The molecule has 0 radical (unpaired) electrons. The van der Waals surface area contributed by atoms with E-state index < -0.39 is 14.2 Å². The van der Waals surface area contributed by atoms with Gasteiger partial charge in [0.05, 0.1) is 13.0 Å². The van der Waals surface area contributed by atoms with E-state index in [2.05, 4.69) is 0 Å². The molecule has 3 aromatic carbocycles. The Morgan fingerprint density at radius 3 is 1.63 bits per heavy atom. The summed E-state index contributed by atoms with van der Waals surface area (Å²) in [5.41, 5.74) is 0.563. The lowest BCUT2D eigenvalue weighted by Crippen LogP contribution is -2.65. The molecule has 3 aromatic rings. The van der Waals surface area contributed by atoms with E-state index in [1.807, 2.05) is 97.9 Å². The Kier molecular flexibility index (Phi) is 5.89. The van der Waals surface area contributed by atoms with Gasteiger partial charge in [-0.05, 0) is 15.9 Å². The fourth-order valence-electron chi connectivity index (χ4n) is 3.78. The number of esters is 1. The molecule has 27 heavy (non-hydrogen) atoms. The van der Waals surface area contributed by atoms with Crippen molar-refractivity contribution in [2.75, 3.05) is 7.11 Å². The van der Waals surface area contributed by atoms with Crippen molar-refractivity contribution in [2.45, 2.75) is 12.5 Å². The highest BCUT2D eigenvalue weighted by atomic mass is 28.4. The molecule has 4 heteroatoms. The van der Waals surface area contributed by atoms with Crippen LogP contribution in [0.4, 0.5) is 0 Å². The number of hydrogen-bond donors (Lipinski definition) is 1. The van der Waals surface area contributed by atoms with E-state index in [4.69, 9.17) is 4.74 Å². The fraction of sp³-hybridized carbons (Fsp3) is 0.174. The molecular weight excluding hydrogens is 352 g/mol. The molecule has 0 aliphatic heterocycles. The third kappa shape index (κ3) is 3.72. The summed E-state index contributed by atoms with van der Waals surface area (Å²) in [6.45, 7) is 1.84. The molecule has 138 valence electrons. The Morgan fingerprint density at radius 2 is 1.22 bits per heavy atom. The number of benzene rings is 3. The van der Waals surface area contributed by atoms with Crippen molar-refractivity contribution in [3.8, 4) is 0 Å². The monoisotopic (exact) mass is 376 g/mol. The average Bonchev–Trinajstić information content (AvgIpc) is 2.75. The van der Waals surface area contributed by atoms with Gasteiger partial charge in [0, 0.05) is 5.54 Å². The van der Waals surface area contributed by atoms with Crippen LogP contribution in [0.25, 0.3) is 0 Å². The number of rotatable bonds is 6. The molecule has 0 aliphatic rings. The van der Waals surface area contributed by atoms with Crippen LogP contribution in [0.2, 0.25) is 0 Å². The number of ether oxygens (including phenoxy) is 1. The minimum absolute atomic E-state index is 0.318. The normalized spacial score (nSPS) is 13.6. The molecule has 3 rings (SSSR count). The van der Waals surface area contributed by atoms with Gasteiger partial charge in [-0.25, -0.2) is 0 Å². The molecule has 0 fully saturated rings. The van der Waals surface area contributed by atoms with Crippen molar-refractivity contribution >= 4 is 24.7 Å². The second-order valence-corrected chi connectivity index (χ2v) is 10.0. The van der Waals surface area contributed by atoms with Crippen molar-refractivity contribution < 1.29 is 14.3 Å². The van der Waals surface area contributed by atoms with Crippen LogP contribution in [0, 0.1) is 5.92 Å². The van der Waals surface area contributed by atoms with Crippen LogP contribution in [-0.2, 0) is 9.53 Å². The number of carbonyl (C=O) groups is 1. The van der Waals surface area contributed by atoms with Crippen molar-refractivity contribution in [2.24, 2.45) is 5.92 Å². The highest BCUT2D eigenvalue weighted by molar-refractivity contribution is 6.97. The predicted molar refractivity (Wildman–Crippen MR) is 110 cm³/mol. The zero-order valence-corrected chi connectivity index (χ0v) is 16.6. The zero-order valence-electron chi connectivity index (χ0n) is 15.6. The van der Waals surface area contributed by atoms with E-state index in [1.165, 1.54) is 7.11 Å². The molecule has 3 nitrogen and oxygen atoms in total. The molecule has 0 bridgehead atoms. The molecule has 0 saturated heterocycles. The van der Waals surface area contributed by atoms with Crippen molar-refractivity contribution in [1.29, 1.82) is 0 Å². The molecule has 0 amide bonds. The van der Waals surface area contributed by atoms with Gasteiger partial charge in [-0.15, -0.1) is 0 Å². The van der Waals surface area contributed by atoms with Gasteiger partial charge in [0.15, 0.2) is 0 Å². The van der Waals surface area contributed by atoms with Gasteiger partial charge < -0.3 is 9.53 Å². The third-order valence-electron chi connectivity index (χ3n) is 5.11. The molecule has 2 atom stereocenters. The molecule has 1 N–H and O–H groups in total. The summed E-state index contributed by atoms with van der Waals surface area (Å²) in [5.74, 6) is -0.809. The lowest BCUT2D eigenvalue weighted by atomic mass is 10.0. The number of methoxy groups -OCH3 is 1. The molecular formula is C23H24O3Si. The SMILES string of the molecule is COC(=O)[C@@H](C)[C@H](c1ccccc1)[Si](O)(c1ccccc1)c1ccccc1. The van der Waals surface area contributed by atoms with Gasteiger partial charge >= 0.3 is 5.97 Å². The Labute approximate surface area is 161 Å². The second-order valence-electron chi connectivity index (χ2n) is 6.70. The van der Waals surface area contributed by atoms with E-state index in [-0.39, 0.29) is 11.5 Å². The molecule has 0 unspecified atom stereocenters. The lowest BCUT2D eigenvalue weighted by Gasteiger charge is -2.37. The van der Waals surface area contributed by atoms with E-state index >= 15 is 0 Å². The minimum atomic E-state index is -3.31. The maximum absolute atomic E-state index is 12.5. The molecule has 0 aromatic heterocycles. The summed E-state index contributed by atoms with van der Waals surface area (Å²) in [6, 6.07) is 29.2. The van der Waals surface area contributed by atoms with Crippen LogP contribution in [-0.4, -0.2) is 26.2 Å². The maximum Gasteiger partial charge on any atom is 0.308 e. The summed E-state index contributed by atoms with van der Waals surface area (Å²) in [5, 5.41) is 1.75. The summed E-state index contributed by atoms with van der Waals surface area (Å²) in [4.78, 5) is 24.8. The minimum Gasteiger partial charge on any atom is -0.469 e. The third-order valence-corrected chi connectivity index (χ3v) is 9.27. The van der Waals surface area contributed by atoms with Gasteiger partial charge in [-0.3, -0.25) is 4.79 Å². The molecule has 0 spiro atoms. The Balaban J connectivity index is 2.27. The van der Waals surface area contributed by atoms with Gasteiger partial charge in [-0.1, -0.05) is 97.9 Å². The Bertz CT molecular complexity index is 826. The first kappa shape index (κ1) is 19.1. The predicted octanol–water partition coefficient (Wildman–Crippen LogP) is 2.87. The van der Waals surface area contributed by atoms with Crippen molar-refractivity contribution in [1.82, 2.24) is 0 Å². The van der Waals surface area contributed by atoms with Crippen LogP contribution < -0.4 is 10.4 Å². The maximum atomic E-state index is 12.5. The lowest BCUT2D eigenvalue weighted by molar-refractivity contribution is -0.145. The first-order valence-electron chi connectivity index (χ1n) is 9.05. The molecule has 0 aliphatic carbocycles. The Morgan fingerprint density at radius 1 is 0.815 bits per heavy atom. The second kappa shape index (κ2) is 8.33. The first-order chi connectivity index (χ1) is 13.1. The standard InChI is InChI=1S/C23H24O3Si/c1-18(23(24)26-2)22(19-12-6-3-7-13-19)27(25,20-14-8-4-9-15-20)21-16-10-5-11-17-21/h3-18,22,25H,1-2H3/t18-,22+/m0/s1. The molecule has 0 saturated carbocycles. The number of carbonyl (C=O) groups excluding carboxylic acids is 1. The van der Waals surface area contributed by atoms with Crippen LogP contribution >= 0.6 is 0 Å².